The molecule has 2 aliphatic rings. The van der Waals surface area contributed by atoms with Crippen molar-refractivity contribution >= 4 is 28.5 Å². The Balaban J connectivity index is 1.60. The van der Waals surface area contributed by atoms with Gasteiger partial charge in [0.15, 0.2) is 0 Å². The highest BCUT2D eigenvalue weighted by molar-refractivity contribution is 6.05. The molecule has 4 rings (SSSR count). The van der Waals surface area contributed by atoms with Crippen LogP contribution in [0.25, 0.3) is 10.9 Å². The van der Waals surface area contributed by atoms with Crippen molar-refractivity contribution in [3.05, 3.63) is 35.9 Å². The minimum Gasteiger partial charge on any atom is -0.578 e. The van der Waals surface area contributed by atoms with Gasteiger partial charge in [0.1, 0.15) is 17.2 Å². The van der Waals surface area contributed by atoms with Crippen LogP contribution in [0.4, 0.5) is 5.82 Å². The van der Waals surface area contributed by atoms with Gasteiger partial charge < -0.3 is 15.3 Å². The Labute approximate surface area is 166 Å². The second-order valence-electron chi connectivity index (χ2n) is 8.03. The zero-order chi connectivity index (χ0) is 19.5. The molecule has 0 radical (unpaired) electrons. The maximum atomic E-state index is 8.41. The number of para-hydroxylation sites is 1. The maximum Gasteiger partial charge on any atom is 0.369 e. The van der Waals surface area contributed by atoms with E-state index in [1.165, 1.54) is 32.1 Å². The highest BCUT2D eigenvalue weighted by Gasteiger charge is 2.29. The Morgan fingerprint density at radius 1 is 1.18 bits per heavy atom. The van der Waals surface area contributed by atoms with Gasteiger partial charge in [0.05, 0.1) is 5.52 Å². The van der Waals surface area contributed by atoms with Gasteiger partial charge in [-0.2, -0.15) is 4.99 Å². The van der Waals surface area contributed by atoms with E-state index < -0.39 is 0 Å². The largest absolute Gasteiger partial charge is 0.578 e. The first-order valence-electron chi connectivity index (χ1n) is 10.4. The van der Waals surface area contributed by atoms with Gasteiger partial charge in [0, 0.05) is 30.6 Å². The molecule has 1 aliphatic carbocycles. The number of benzene rings is 1. The van der Waals surface area contributed by atoms with E-state index in [0.717, 1.165) is 36.2 Å². The van der Waals surface area contributed by atoms with Crippen molar-refractivity contribution in [3.63, 3.8) is 0 Å². The summed E-state index contributed by atoms with van der Waals surface area (Å²) in [5.41, 5.74) is 1.65. The monoisotopic (exact) mass is 380 g/mol. The van der Waals surface area contributed by atoms with E-state index in [2.05, 4.69) is 15.2 Å². The number of hydrogen-bond donors (Lipinski definition) is 2. The van der Waals surface area contributed by atoms with Crippen LogP contribution in [0, 0.1) is 5.41 Å². The van der Waals surface area contributed by atoms with Gasteiger partial charge in [0.25, 0.3) is 0 Å². The molecule has 6 nitrogen and oxygen atoms in total. The summed E-state index contributed by atoms with van der Waals surface area (Å²) in [7, 11) is 0. The Kier molecular flexibility index (Phi) is 5.57. The average molecular weight is 381 g/mol. The Bertz CT molecular complexity index is 888. The molecule has 1 atom stereocenters. The van der Waals surface area contributed by atoms with Crippen molar-refractivity contribution in [2.75, 3.05) is 18.0 Å². The number of hydrogen-bond acceptors (Lipinski definition) is 4. The molecular formula is C22H30N5O+. The molecule has 0 bridgehead atoms. The summed E-state index contributed by atoms with van der Waals surface area (Å²) in [6.45, 7) is 3.44. The molecule has 2 heterocycles. The first-order valence-corrected chi connectivity index (χ1v) is 10.4. The number of amidine groups is 1. The second-order valence-corrected chi connectivity index (χ2v) is 8.03. The van der Waals surface area contributed by atoms with Gasteiger partial charge in [-0.25, -0.2) is 4.98 Å². The second kappa shape index (κ2) is 8.27. The summed E-state index contributed by atoms with van der Waals surface area (Å²) in [5.74, 6) is 1.08. The van der Waals surface area contributed by atoms with E-state index in [0.29, 0.717) is 17.6 Å². The molecule has 1 saturated carbocycles. The number of nitrogens with zero attached hydrogens (tertiary/aromatic N) is 3. The standard InChI is InChI=1S/C22H29N5O/c1-15(23)24-22(28)19-13-16-7-5-6-10-20(16)26-21(19)27-12-11-18(14-27)25-17-8-3-2-4-9-17/h5-7,10,13,17-18,25H,2-4,8-9,11-12,14H2,1H3,(H2,23,24,28)/p+1. The summed E-state index contributed by atoms with van der Waals surface area (Å²) < 4.78 is 0. The number of fused-ring (bicyclic) bond motifs is 1. The zero-order valence-electron chi connectivity index (χ0n) is 16.5. The Hall–Kier alpha value is -2.47. The minimum atomic E-state index is 0.115. The van der Waals surface area contributed by atoms with Crippen molar-refractivity contribution in [1.29, 1.82) is 5.41 Å². The van der Waals surface area contributed by atoms with Crippen molar-refractivity contribution in [2.24, 2.45) is 4.99 Å². The van der Waals surface area contributed by atoms with Gasteiger partial charge in [-0.15, -0.1) is 0 Å². The predicted molar refractivity (Wildman–Crippen MR) is 116 cm³/mol. The molecule has 4 N–H and O–H groups in total. The van der Waals surface area contributed by atoms with Crippen molar-refractivity contribution < 1.29 is 5.11 Å². The third-order valence-corrected chi connectivity index (χ3v) is 5.80. The zero-order valence-corrected chi connectivity index (χ0v) is 16.5. The lowest BCUT2D eigenvalue weighted by Crippen LogP contribution is -2.41. The van der Waals surface area contributed by atoms with E-state index in [9.17, 15) is 0 Å². The summed E-state index contributed by atoms with van der Waals surface area (Å²) in [6, 6.07) is 11.1. The van der Waals surface area contributed by atoms with E-state index in [-0.39, 0.29) is 11.7 Å². The quantitative estimate of drug-likeness (QED) is 0.485. The topological polar surface area (TPSA) is 87.3 Å². The van der Waals surface area contributed by atoms with Crippen LogP contribution in [-0.4, -0.2) is 47.0 Å². The fourth-order valence-electron chi connectivity index (χ4n) is 4.44. The molecule has 0 spiro atoms. The third-order valence-electron chi connectivity index (χ3n) is 5.80. The van der Waals surface area contributed by atoms with Crippen LogP contribution in [0.15, 0.2) is 35.3 Å². The smallest absolute Gasteiger partial charge is 0.369 e. The van der Waals surface area contributed by atoms with Gasteiger partial charge in [-0.05, 0) is 38.3 Å². The molecule has 1 aliphatic heterocycles. The fourth-order valence-corrected chi connectivity index (χ4v) is 4.44. The van der Waals surface area contributed by atoms with Crippen LogP contribution >= 0.6 is 0 Å². The van der Waals surface area contributed by atoms with E-state index in [1.807, 2.05) is 30.3 Å². The molecule has 1 saturated heterocycles. The molecule has 2 aromatic rings. The van der Waals surface area contributed by atoms with Crippen molar-refractivity contribution in [2.45, 2.75) is 57.5 Å². The number of nitrogens with one attached hydrogen (secondary N) is 2. The van der Waals surface area contributed by atoms with Gasteiger partial charge in [-0.1, -0.05) is 37.5 Å². The summed E-state index contributed by atoms with van der Waals surface area (Å²) in [6.07, 6.45) is 7.73. The van der Waals surface area contributed by atoms with Crippen LogP contribution < -0.4 is 10.2 Å². The summed E-state index contributed by atoms with van der Waals surface area (Å²) >= 11 is 0. The lowest BCUT2D eigenvalue weighted by molar-refractivity contribution is 0.344. The molecule has 1 aromatic carbocycles. The summed E-state index contributed by atoms with van der Waals surface area (Å²) in [5, 5.41) is 20.9. The normalized spacial score (nSPS) is 21.4. The number of pyridine rings is 1. The number of anilines is 1. The van der Waals surface area contributed by atoms with Crippen LogP contribution in [0.2, 0.25) is 0 Å². The predicted octanol–water partition coefficient (Wildman–Crippen LogP) is 3.20. The van der Waals surface area contributed by atoms with Crippen LogP contribution in [0.1, 0.15) is 51.0 Å². The van der Waals surface area contributed by atoms with Crippen molar-refractivity contribution in [1.82, 2.24) is 10.3 Å². The number of rotatable bonds is 4. The fraction of sp³-hybridized carbons (Fsp3) is 0.500. The number of aliphatic imine (C=N–C) groups is 1. The molecule has 1 unspecified atom stereocenters. The van der Waals surface area contributed by atoms with E-state index in [4.69, 9.17) is 15.5 Å². The van der Waals surface area contributed by atoms with Gasteiger partial charge >= 0.3 is 5.90 Å². The lowest BCUT2D eigenvalue weighted by atomic mass is 9.95. The molecular weight excluding hydrogens is 350 g/mol. The molecule has 6 heteroatoms. The molecule has 28 heavy (non-hydrogen) atoms. The number of aromatic nitrogens is 1. The molecule has 1 aromatic heterocycles. The first-order chi connectivity index (χ1) is 13.6. The molecule has 0 amide bonds. The van der Waals surface area contributed by atoms with Crippen LogP contribution in [0.5, 0.6) is 0 Å². The summed E-state index contributed by atoms with van der Waals surface area (Å²) in [4.78, 5) is 11.3. The first kappa shape index (κ1) is 18.9. The van der Waals surface area contributed by atoms with Crippen molar-refractivity contribution in [3.8, 4) is 0 Å². The van der Waals surface area contributed by atoms with E-state index in [1.54, 1.807) is 6.92 Å². The van der Waals surface area contributed by atoms with Crippen LogP contribution in [0.3, 0.4) is 0 Å². The highest BCUT2D eigenvalue weighted by atomic mass is 16.3. The average Bonchev–Trinajstić information content (AvgIpc) is 3.15. The minimum absolute atomic E-state index is 0.115. The Morgan fingerprint density at radius 3 is 2.75 bits per heavy atom. The highest BCUT2D eigenvalue weighted by Crippen LogP contribution is 2.28. The van der Waals surface area contributed by atoms with E-state index >= 15 is 0 Å². The molecule has 2 fully saturated rings. The Morgan fingerprint density at radius 2 is 1.96 bits per heavy atom. The van der Waals surface area contributed by atoms with Crippen LogP contribution in [-0.2, 0) is 0 Å². The third kappa shape index (κ3) is 4.17. The SMILES string of the molecule is CC(=N)N=C([OH2+])c1cc2ccccc2nc1N1CCC(NC2CCCCC2)C1. The lowest BCUT2D eigenvalue weighted by Gasteiger charge is -2.27. The van der Waals surface area contributed by atoms with Gasteiger partial charge in [0.2, 0.25) is 0 Å². The van der Waals surface area contributed by atoms with Gasteiger partial charge in [-0.3, -0.25) is 5.41 Å². The molecule has 148 valence electrons. The maximum absolute atomic E-state index is 8.41.